The quantitative estimate of drug-likeness (QED) is 0.431. The third-order valence-corrected chi connectivity index (χ3v) is 9.52. The fourth-order valence-electron chi connectivity index (χ4n) is 6.48. The van der Waals surface area contributed by atoms with Gasteiger partial charge in [0.1, 0.15) is 0 Å². The number of sulfonamides is 1. The van der Waals surface area contributed by atoms with Gasteiger partial charge in [0.05, 0.1) is 25.2 Å². The van der Waals surface area contributed by atoms with E-state index >= 15 is 0 Å². The Hall–Kier alpha value is -0.480. The lowest BCUT2D eigenvalue weighted by molar-refractivity contribution is -0.0530. The molecule has 31 heavy (non-hydrogen) atoms. The van der Waals surface area contributed by atoms with Crippen LogP contribution in [0.2, 0.25) is 0 Å². The zero-order chi connectivity index (χ0) is 23.2. The summed E-state index contributed by atoms with van der Waals surface area (Å²) in [6.45, 7) is 7.18. The molecule has 1 saturated carbocycles. The average molecular weight is 478 g/mol. The number of aliphatic hydroxyl groups is 1. The molecule has 0 heterocycles. The number of allylic oxidation sites excluding steroid dienone is 1. The molecule has 0 spiro atoms. The molecule has 0 aromatic heterocycles. The van der Waals surface area contributed by atoms with Crippen molar-refractivity contribution >= 4 is 20.1 Å². The molecule has 5 atom stereocenters. The molecule has 9 heteroatoms. The van der Waals surface area contributed by atoms with Crippen molar-refractivity contribution < 1.29 is 26.1 Å². The van der Waals surface area contributed by atoms with E-state index < -0.39 is 26.2 Å². The summed E-state index contributed by atoms with van der Waals surface area (Å²) in [6.07, 6.45) is 7.75. The molecule has 1 fully saturated rings. The van der Waals surface area contributed by atoms with Crippen LogP contribution in [0.15, 0.2) is 11.1 Å². The van der Waals surface area contributed by atoms with Gasteiger partial charge in [0, 0.05) is 6.54 Å². The van der Waals surface area contributed by atoms with E-state index in [4.69, 9.17) is 4.18 Å². The fraction of sp³-hybridized carbons (Fsp3) is 0.909. The van der Waals surface area contributed by atoms with Gasteiger partial charge in [0.15, 0.2) is 0 Å². The van der Waals surface area contributed by atoms with Gasteiger partial charge in [-0.2, -0.15) is 8.42 Å². The number of nitrogens with one attached hydrogen (secondary N) is 1. The normalized spacial score (nSPS) is 36.5. The zero-order valence-corrected chi connectivity index (χ0v) is 21.1. The second-order valence-electron chi connectivity index (χ2n) is 10.9. The Kier molecular flexibility index (Phi) is 7.06. The molecule has 0 aliphatic heterocycles. The molecule has 0 amide bonds. The van der Waals surface area contributed by atoms with Gasteiger partial charge in [-0.3, -0.25) is 4.18 Å². The predicted octanol–water partition coefficient (Wildman–Crippen LogP) is 2.82. The van der Waals surface area contributed by atoms with Crippen LogP contribution in [-0.4, -0.2) is 53.7 Å². The first-order valence-electron chi connectivity index (χ1n) is 11.3. The Morgan fingerprint density at radius 1 is 1.06 bits per heavy atom. The van der Waals surface area contributed by atoms with Crippen LogP contribution in [0, 0.1) is 28.6 Å². The Labute approximate surface area is 188 Å². The highest BCUT2D eigenvalue weighted by Gasteiger charge is 2.51. The minimum atomic E-state index is -3.58. The lowest BCUT2D eigenvalue weighted by Gasteiger charge is -2.52. The molecular weight excluding hydrogens is 438 g/mol. The SMILES string of the molecule is CC1(C)CCC2=C1CC[C@H]([C@@]1(C)CC[C@H](O)C[C@@H]1COS(C)(=O)=O)[C@H]2CNS(C)(=O)=O. The lowest BCUT2D eigenvalue weighted by Crippen LogP contribution is -2.49. The monoisotopic (exact) mass is 477 g/mol. The van der Waals surface area contributed by atoms with Gasteiger partial charge in [-0.1, -0.05) is 31.9 Å². The van der Waals surface area contributed by atoms with Crippen LogP contribution >= 0.6 is 0 Å². The topological polar surface area (TPSA) is 110 Å². The van der Waals surface area contributed by atoms with Gasteiger partial charge < -0.3 is 5.11 Å². The first kappa shape index (κ1) is 25.1. The Balaban J connectivity index is 1.96. The smallest absolute Gasteiger partial charge is 0.264 e. The molecular formula is C22H39NO6S2. The molecule has 0 unspecified atom stereocenters. The number of hydrogen-bond donors (Lipinski definition) is 2. The summed E-state index contributed by atoms with van der Waals surface area (Å²) in [7, 11) is -6.90. The van der Waals surface area contributed by atoms with Crippen LogP contribution < -0.4 is 4.72 Å². The van der Waals surface area contributed by atoms with E-state index in [1.54, 1.807) is 0 Å². The molecule has 0 aromatic rings. The molecule has 180 valence electrons. The van der Waals surface area contributed by atoms with E-state index in [0.717, 1.165) is 38.4 Å². The van der Waals surface area contributed by atoms with Crippen LogP contribution in [-0.2, 0) is 24.3 Å². The summed E-state index contributed by atoms with van der Waals surface area (Å²) < 4.78 is 55.2. The van der Waals surface area contributed by atoms with Gasteiger partial charge in [-0.05, 0) is 73.5 Å². The first-order valence-corrected chi connectivity index (χ1v) is 15.0. The summed E-state index contributed by atoms with van der Waals surface area (Å²) in [5, 5.41) is 10.3. The summed E-state index contributed by atoms with van der Waals surface area (Å²) in [5.74, 6) is 0.185. The van der Waals surface area contributed by atoms with E-state index in [2.05, 4.69) is 25.5 Å². The second-order valence-corrected chi connectivity index (χ2v) is 14.4. The Bertz CT molecular complexity index is 924. The molecule has 7 nitrogen and oxygen atoms in total. The molecule has 0 radical (unpaired) electrons. The maximum atomic E-state index is 11.9. The van der Waals surface area contributed by atoms with E-state index in [-0.39, 0.29) is 35.2 Å². The van der Waals surface area contributed by atoms with Gasteiger partial charge in [-0.15, -0.1) is 0 Å². The second kappa shape index (κ2) is 8.70. The zero-order valence-electron chi connectivity index (χ0n) is 19.5. The standard InChI is InChI=1S/C22H39NO6S2/c1-21(2)10-9-17-18(13-23-30(4,25)26)20(7-6-19(17)21)22(3)11-8-16(24)12-15(22)14-29-31(5,27)28/h15-16,18,20,23-24H,6-14H2,1-5H3/t15-,16+,18+,20+,22+/m1/s1. The van der Waals surface area contributed by atoms with Crippen molar-refractivity contribution in [2.24, 2.45) is 28.6 Å². The Morgan fingerprint density at radius 2 is 1.74 bits per heavy atom. The molecule has 0 aromatic carbocycles. The van der Waals surface area contributed by atoms with Crippen molar-refractivity contribution in [3.8, 4) is 0 Å². The van der Waals surface area contributed by atoms with Gasteiger partial charge >= 0.3 is 0 Å². The molecule has 3 rings (SSSR count). The number of rotatable bonds is 7. The fourth-order valence-corrected chi connectivity index (χ4v) is 7.37. The highest BCUT2D eigenvalue weighted by atomic mass is 32.2. The highest BCUT2D eigenvalue weighted by Crippen LogP contribution is 2.59. The van der Waals surface area contributed by atoms with E-state index in [9.17, 15) is 21.9 Å². The predicted molar refractivity (Wildman–Crippen MR) is 121 cm³/mol. The summed E-state index contributed by atoms with van der Waals surface area (Å²) in [4.78, 5) is 0. The van der Waals surface area contributed by atoms with Crippen LogP contribution in [0.25, 0.3) is 0 Å². The molecule has 0 saturated heterocycles. The van der Waals surface area contributed by atoms with Crippen molar-refractivity contribution in [2.45, 2.75) is 71.8 Å². The average Bonchev–Trinajstić information content (AvgIpc) is 2.94. The molecule has 3 aliphatic carbocycles. The van der Waals surface area contributed by atoms with E-state index in [0.29, 0.717) is 19.4 Å². The summed E-state index contributed by atoms with van der Waals surface area (Å²) in [5.41, 5.74) is 2.78. The maximum Gasteiger partial charge on any atom is 0.264 e. The molecule has 3 aliphatic rings. The van der Waals surface area contributed by atoms with Crippen molar-refractivity contribution in [3.63, 3.8) is 0 Å². The van der Waals surface area contributed by atoms with Crippen LogP contribution in [0.4, 0.5) is 0 Å². The minimum absolute atomic E-state index is 0.0620. The van der Waals surface area contributed by atoms with E-state index in [1.165, 1.54) is 17.4 Å². The summed E-state index contributed by atoms with van der Waals surface area (Å²) >= 11 is 0. The van der Waals surface area contributed by atoms with Crippen molar-refractivity contribution in [1.29, 1.82) is 0 Å². The molecule has 2 N–H and O–H groups in total. The largest absolute Gasteiger partial charge is 0.393 e. The Morgan fingerprint density at radius 3 is 2.35 bits per heavy atom. The first-order chi connectivity index (χ1) is 14.1. The van der Waals surface area contributed by atoms with Crippen molar-refractivity contribution in [3.05, 3.63) is 11.1 Å². The lowest BCUT2D eigenvalue weighted by atomic mass is 9.53. The third-order valence-electron chi connectivity index (χ3n) is 8.26. The summed E-state index contributed by atoms with van der Waals surface area (Å²) in [6, 6.07) is 0. The van der Waals surface area contributed by atoms with Crippen LogP contribution in [0.3, 0.4) is 0 Å². The van der Waals surface area contributed by atoms with E-state index in [1.807, 2.05) is 0 Å². The van der Waals surface area contributed by atoms with Crippen LogP contribution in [0.5, 0.6) is 0 Å². The van der Waals surface area contributed by atoms with Crippen molar-refractivity contribution in [1.82, 2.24) is 4.72 Å². The van der Waals surface area contributed by atoms with Gasteiger partial charge in [0.25, 0.3) is 10.1 Å². The highest BCUT2D eigenvalue weighted by molar-refractivity contribution is 7.88. The van der Waals surface area contributed by atoms with Gasteiger partial charge in [0.2, 0.25) is 10.0 Å². The number of aliphatic hydroxyl groups excluding tert-OH is 1. The minimum Gasteiger partial charge on any atom is -0.393 e. The van der Waals surface area contributed by atoms with Crippen LogP contribution in [0.1, 0.15) is 65.7 Å². The maximum absolute atomic E-state index is 11.9. The van der Waals surface area contributed by atoms with Gasteiger partial charge in [-0.25, -0.2) is 13.1 Å². The third kappa shape index (κ3) is 5.72. The van der Waals surface area contributed by atoms with Crippen molar-refractivity contribution in [2.75, 3.05) is 25.7 Å². The molecule has 0 bridgehead atoms. The number of hydrogen-bond acceptors (Lipinski definition) is 6.